The van der Waals surface area contributed by atoms with E-state index in [0.717, 1.165) is 4.88 Å². The Morgan fingerprint density at radius 3 is 2.50 bits per heavy atom. The lowest BCUT2D eigenvalue weighted by atomic mass is 10.1. The predicted molar refractivity (Wildman–Crippen MR) is 75.4 cm³/mol. The minimum absolute atomic E-state index is 0.0177. The topological polar surface area (TPSA) is 95.5 Å². The molecule has 0 aliphatic heterocycles. The molecule has 0 bridgehead atoms. The molecule has 0 aliphatic carbocycles. The van der Waals surface area contributed by atoms with Crippen LogP contribution < -0.4 is 10.6 Å². The van der Waals surface area contributed by atoms with E-state index in [1.165, 1.54) is 18.3 Å². The van der Waals surface area contributed by atoms with Crippen LogP contribution in [0.3, 0.4) is 0 Å². The Labute approximate surface area is 121 Å². The van der Waals surface area contributed by atoms with E-state index in [2.05, 4.69) is 10.6 Å². The van der Waals surface area contributed by atoms with E-state index in [1.54, 1.807) is 6.92 Å². The molecule has 20 heavy (non-hydrogen) atoms. The average molecular weight is 298 g/mol. The van der Waals surface area contributed by atoms with Crippen LogP contribution in [0.4, 0.5) is 0 Å². The Morgan fingerprint density at radius 1 is 1.35 bits per heavy atom. The van der Waals surface area contributed by atoms with Crippen molar-refractivity contribution >= 4 is 29.1 Å². The first-order chi connectivity index (χ1) is 9.43. The maximum absolute atomic E-state index is 11.9. The van der Waals surface area contributed by atoms with Gasteiger partial charge in [-0.3, -0.25) is 9.59 Å². The van der Waals surface area contributed by atoms with Crippen LogP contribution in [0, 0.1) is 0 Å². The highest BCUT2D eigenvalue weighted by molar-refractivity contribution is 7.10. The second-order valence-electron chi connectivity index (χ2n) is 4.34. The van der Waals surface area contributed by atoms with Crippen LogP contribution in [0.1, 0.15) is 37.6 Å². The molecule has 0 radical (unpaired) electrons. The summed E-state index contributed by atoms with van der Waals surface area (Å²) in [4.78, 5) is 34.8. The molecule has 1 aromatic heterocycles. The van der Waals surface area contributed by atoms with Gasteiger partial charge in [0.25, 0.3) is 0 Å². The number of rotatable bonds is 7. The number of aliphatic carboxylic acids is 1. The fraction of sp³-hybridized carbons (Fsp3) is 0.462. The summed E-state index contributed by atoms with van der Waals surface area (Å²) < 4.78 is 0. The lowest BCUT2D eigenvalue weighted by molar-refractivity contribution is -0.142. The summed E-state index contributed by atoms with van der Waals surface area (Å²) in [6.45, 7) is 3.06. The molecular weight excluding hydrogens is 280 g/mol. The molecule has 2 amide bonds. The van der Waals surface area contributed by atoms with Crippen molar-refractivity contribution in [3.63, 3.8) is 0 Å². The number of carbonyl (C=O) groups excluding carboxylic acids is 2. The SMILES string of the molecule is CC[C@@H](NC(=O)CC(NC(C)=O)c1cccs1)C(=O)O. The summed E-state index contributed by atoms with van der Waals surface area (Å²) in [6.07, 6.45) is 0.328. The smallest absolute Gasteiger partial charge is 0.326 e. The van der Waals surface area contributed by atoms with Crippen LogP contribution in [0.5, 0.6) is 0 Å². The lowest BCUT2D eigenvalue weighted by Gasteiger charge is -2.18. The van der Waals surface area contributed by atoms with Gasteiger partial charge in [-0.2, -0.15) is 0 Å². The van der Waals surface area contributed by atoms with Gasteiger partial charge in [-0.05, 0) is 17.9 Å². The Bertz CT molecular complexity index is 473. The lowest BCUT2D eigenvalue weighted by Crippen LogP contribution is -2.42. The molecule has 1 unspecified atom stereocenters. The van der Waals surface area contributed by atoms with E-state index in [4.69, 9.17) is 5.11 Å². The first kappa shape index (κ1) is 16.2. The van der Waals surface area contributed by atoms with Gasteiger partial charge in [-0.1, -0.05) is 13.0 Å². The van der Waals surface area contributed by atoms with E-state index >= 15 is 0 Å². The van der Waals surface area contributed by atoms with E-state index in [1.807, 2.05) is 17.5 Å². The first-order valence-corrected chi connectivity index (χ1v) is 7.14. The second kappa shape index (κ2) is 7.64. The first-order valence-electron chi connectivity index (χ1n) is 6.26. The molecule has 2 atom stereocenters. The van der Waals surface area contributed by atoms with Gasteiger partial charge in [0.2, 0.25) is 11.8 Å². The van der Waals surface area contributed by atoms with Crippen molar-refractivity contribution in [2.75, 3.05) is 0 Å². The van der Waals surface area contributed by atoms with Crippen LogP contribution in [-0.2, 0) is 14.4 Å². The van der Waals surface area contributed by atoms with Crippen molar-refractivity contribution in [3.8, 4) is 0 Å². The molecule has 1 aromatic rings. The molecule has 1 heterocycles. The summed E-state index contributed by atoms with van der Waals surface area (Å²) in [6, 6.07) is 2.33. The summed E-state index contributed by atoms with van der Waals surface area (Å²) in [5.41, 5.74) is 0. The van der Waals surface area contributed by atoms with Crippen LogP contribution in [0.15, 0.2) is 17.5 Å². The molecular formula is C13H18N2O4S. The van der Waals surface area contributed by atoms with Gasteiger partial charge < -0.3 is 15.7 Å². The van der Waals surface area contributed by atoms with Gasteiger partial charge in [-0.25, -0.2) is 4.79 Å². The highest BCUT2D eigenvalue weighted by atomic mass is 32.1. The minimum atomic E-state index is -1.06. The van der Waals surface area contributed by atoms with Crippen LogP contribution in [-0.4, -0.2) is 28.9 Å². The van der Waals surface area contributed by atoms with Gasteiger partial charge in [0, 0.05) is 11.8 Å². The molecule has 0 saturated carbocycles. The van der Waals surface area contributed by atoms with Crippen LogP contribution in [0.2, 0.25) is 0 Å². The fourth-order valence-corrected chi connectivity index (χ4v) is 2.51. The molecule has 0 saturated heterocycles. The van der Waals surface area contributed by atoms with E-state index in [0.29, 0.717) is 6.42 Å². The standard InChI is InChI=1S/C13H18N2O4S/c1-3-9(13(18)19)15-12(17)7-10(14-8(2)16)11-5-4-6-20-11/h4-6,9-10H,3,7H2,1-2H3,(H,14,16)(H,15,17)(H,18,19)/t9-,10?/m1/s1. The largest absolute Gasteiger partial charge is 0.480 e. The summed E-state index contributed by atoms with van der Waals surface area (Å²) in [7, 11) is 0. The zero-order valence-electron chi connectivity index (χ0n) is 11.4. The van der Waals surface area contributed by atoms with Gasteiger partial charge >= 0.3 is 5.97 Å². The van der Waals surface area contributed by atoms with Crippen molar-refractivity contribution in [1.82, 2.24) is 10.6 Å². The van der Waals surface area contributed by atoms with Gasteiger partial charge in [0.05, 0.1) is 12.5 Å². The minimum Gasteiger partial charge on any atom is -0.480 e. The highest BCUT2D eigenvalue weighted by Crippen LogP contribution is 2.22. The van der Waals surface area contributed by atoms with E-state index in [9.17, 15) is 14.4 Å². The summed E-state index contributed by atoms with van der Waals surface area (Å²) in [5, 5.41) is 15.9. The molecule has 1 rings (SSSR count). The van der Waals surface area contributed by atoms with Crippen molar-refractivity contribution in [2.24, 2.45) is 0 Å². The van der Waals surface area contributed by atoms with Crippen LogP contribution in [0.25, 0.3) is 0 Å². The maximum Gasteiger partial charge on any atom is 0.326 e. The molecule has 0 aliphatic rings. The Morgan fingerprint density at radius 2 is 2.05 bits per heavy atom. The summed E-state index contributed by atoms with van der Waals surface area (Å²) >= 11 is 1.43. The zero-order chi connectivity index (χ0) is 15.1. The number of thiophene rings is 1. The number of carboxylic acid groups (broad SMARTS) is 1. The van der Waals surface area contributed by atoms with Crippen molar-refractivity contribution in [3.05, 3.63) is 22.4 Å². The van der Waals surface area contributed by atoms with Gasteiger partial charge in [0.15, 0.2) is 0 Å². The molecule has 110 valence electrons. The van der Waals surface area contributed by atoms with Crippen molar-refractivity contribution in [1.29, 1.82) is 0 Å². The van der Waals surface area contributed by atoms with Gasteiger partial charge in [0.1, 0.15) is 6.04 Å². The molecule has 0 aromatic carbocycles. The third-order valence-electron chi connectivity index (χ3n) is 2.70. The number of carboxylic acids is 1. The van der Waals surface area contributed by atoms with Gasteiger partial charge in [-0.15, -0.1) is 11.3 Å². The molecule has 0 fully saturated rings. The number of hydrogen-bond donors (Lipinski definition) is 3. The Hall–Kier alpha value is -1.89. The van der Waals surface area contributed by atoms with Crippen molar-refractivity contribution in [2.45, 2.75) is 38.8 Å². The fourth-order valence-electron chi connectivity index (χ4n) is 1.73. The molecule has 3 N–H and O–H groups in total. The third-order valence-corrected chi connectivity index (χ3v) is 3.68. The second-order valence-corrected chi connectivity index (χ2v) is 5.32. The van der Waals surface area contributed by atoms with E-state index in [-0.39, 0.29) is 12.3 Å². The molecule has 6 nitrogen and oxygen atoms in total. The number of hydrogen-bond acceptors (Lipinski definition) is 4. The predicted octanol–water partition coefficient (Wildman–Crippen LogP) is 1.29. The molecule has 0 spiro atoms. The zero-order valence-corrected chi connectivity index (χ0v) is 12.2. The Kier molecular flexibility index (Phi) is 6.17. The maximum atomic E-state index is 11.9. The van der Waals surface area contributed by atoms with Crippen molar-refractivity contribution < 1.29 is 19.5 Å². The molecule has 7 heteroatoms. The van der Waals surface area contributed by atoms with Crippen LogP contribution >= 0.6 is 11.3 Å². The normalized spacial score (nSPS) is 13.3. The monoisotopic (exact) mass is 298 g/mol. The average Bonchev–Trinajstić information content (AvgIpc) is 2.87. The number of nitrogens with one attached hydrogen (secondary N) is 2. The highest BCUT2D eigenvalue weighted by Gasteiger charge is 2.22. The number of amides is 2. The summed E-state index contributed by atoms with van der Waals surface area (Å²) in [5.74, 6) is -1.69. The Balaban J connectivity index is 2.67. The third kappa shape index (κ3) is 5.00. The number of carbonyl (C=O) groups is 3. The quantitative estimate of drug-likeness (QED) is 0.707. The van der Waals surface area contributed by atoms with E-state index < -0.39 is 24.0 Å².